The minimum atomic E-state index is 0.0196. The summed E-state index contributed by atoms with van der Waals surface area (Å²) in [5, 5.41) is 35.7. The molecular weight excluding hydrogens is 1330 g/mol. The van der Waals surface area contributed by atoms with Gasteiger partial charge in [0.1, 0.15) is 24.7 Å². The highest BCUT2D eigenvalue weighted by Gasteiger charge is 2.19. The van der Waals surface area contributed by atoms with Gasteiger partial charge in [-0.3, -0.25) is 20.0 Å². The molecule has 8 aliphatic heterocycles. The van der Waals surface area contributed by atoms with Gasteiger partial charge in [0, 0.05) is 80.5 Å². The average Bonchev–Trinajstić information content (AvgIpc) is 1.02. The molecule has 0 fully saturated rings. The summed E-state index contributed by atoms with van der Waals surface area (Å²) >= 11 is 0. The van der Waals surface area contributed by atoms with Crippen LogP contribution in [0.15, 0.2) is 79.9 Å². The van der Waals surface area contributed by atoms with Gasteiger partial charge in [0.2, 0.25) is 47.7 Å². The SMILES string of the molecule is CCCCCN(C)C1=NC(C)NC(N)=N1.CCCCCN=C1N=C(N)NC(C)N1.CCCCN(C)C1=NC(C)NC(N)=N1.CCCCN=C1N=C(N)NC(C)N1.CCCN(C)C1=NC(C)NC(N)=N1.CCCN=C1N=C(N)NC(C)N1.CCN(C)C1=NC(C)NC(N)=N1.CCN=C1N=C(N)NC(C)N1. The van der Waals surface area contributed by atoms with Gasteiger partial charge in [0.05, 0.1) is 24.7 Å². The number of aliphatic imine (C=N–C) groups is 16. The van der Waals surface area contributed by atoms with Crippen molar-refractivity contribution in [1.29, 1.82) is 0 Å². The van der Waals surface area contributed by atoms with E-state index < -0.39 is 0 Å². The highest BCUT2D eigenvalue weighted by atomic mass is 15.4. The number of guanidine groups is 16. The van der Waals surface area contributed by atoms with Gasteiger partial charge in [-0.25, -0.2) is 20.0 Å². The van der Waals surface area contributed by atoms with Crippen molar-refractivity contribution in [2.24, 2.45) is 126 Å². The standard InChI is InChI=1S/C10H21N5.2C9H19N5.2C8H17N5.2C7H15N5.C6H13N5/c1-4-5-6-7-15(3)10-13-8(2)12-9(11)14-10;1-4-5-6-14(3)9-12-7(2)11-8(10)13-9;1-3-4-5-6-11-9-13-7(2)12-8(10)14-9;1-4-5-13(3)8-11-6(2)10-7(9)12-8;1-3-4-5-10-8-12-6(2)11-7(9)13-8;1-4-12(3)7-10-5(2)9-6(8)11-7;1-3-4-9-7-11-5(2)10-6(8)12-7;1-3-8-6-10-4(2)9-5(7)11-6/h8H,4-7H2,1-3H3,(H3,11,12,13,14);7H,4-6H2,1-3H3,(H3,10,11,12,13);7H,3-6H2,1-2H3,(H4,10,11,12,13,14);6H,4-5H2,1-3H3,(H3,9,10,11,12);6H,3-5H2,1-2H3,(H4,9,10,11,12,13);5H,4H2,1-3H3,(H3,8,9,10,11);5H,3-4H2,1-2H3,(H4,8,9,10,11,12);4H,3H2,1-2H3,(H4,7,8,9,10,11). The number of rotatable bonds is 20. The first-order chi connectivity index (χ1) is 49.4. The molecule has 0 aromatic rings. The Morgan fingerprint density at radius 3 is 0.846 bits per heavy atom. The van der Waals surface area contributed by atoms with Gasteiger partial charge < -0.3 is 129 Å². The Morgan fingerprint density at radius 1 is 0.279 bits per heavy atom. The molecule has 592 valence electrons. The molecular formula is C64H136N40. The van der Waals surface area contributed by atoms with Crippen molar-refractivity contribution >= 4 is 95.4 Å². The van der Waals surface area contributed by atoms with Crippen LogP contribution >= 0.6 is 0 Å². The Labute approximate surface area is 619 Å². The lowest BCUT2D eigenvalue weighted by Crippen LogP contribution is -2.53. The largest absolute Gasteiger partial charge is 0.370 e. The second-order valence-corrected chi connectivity index (χ2v) is 24.8. The van der Waals surface area contributed by atoms with Gasteiger partial charge >= 0.3 is 0 Å². The average molecular weight is 1470 g/mol. The number of nitrogens with two attached hydrogens (primary N) is 8. The monoisotopic (exact) mass is 1470 g/mol. The molecule has 0 spiro atoms. The quantitative estimate of drug-likeness (QED) is 0.0701. The zero-order chi connectivity index (χ0) is 78.1. The van der Waals surface area contributed by atoms with Crippen molar-refractivity contribution in [3.8, 4) is 0 Å². The van der Waals surface area contributed by atoms with E-state index in [0.29, 0.717) is 90.0 Å². The summed E-state index contributed by atoms with van der Waals surface area (Å²) < 4.78 is 0. The molecule has 0 saturated carbocycles. The van der Waals surface area contributed by atoms with E-state index in [1.165, 1.54) is 38.5 Å². The van der Waals surface area contributed by atoms with E-state index in [1.54, 1.807) is 0 Å². The molecule has 0 amide bonds. The second-order valence-electron chi connectivity index (χ2n) is 24.8. The zero-order valence-corrected chi connectivity index (χ0v) is 66.3. The molecule has 8 aliphatic rings. The van der Waals surface area contributed by atoms with Crippen molar-refractivity contribution in [3.63, 3.8) is 0 Å². The molecule has 8 heterocycles. The Balaban J connectivity index is 0.000000595. The van der Waals surface area contributed by atoms with Crippen LogP contribution in [0.5, 0.6) is 0 Å². The van der Waals surface area contributed by atoms with Crippen LogP contribution in [0.2, 0.25) is 0 Å². The summed E-state index contributed by atoms with van der Waals surface area (Å²) in [7, 11) is 7.90. The predicted octanol–water partition coefficient (Wildman–Crippen LogP) is -0.224. The predicted molar refractivity (Wildman–Crippen MR) is 437 cm³/mol. The Morgan fingerprint density at radius 2 is 0.558 bits per heavy atom. The fraction of sp³-hybridized carbons (Fsp3) is 0.750. The van der Waals surface area contributed by atoms with Gasteiger partial charge in [-0.05, 0) is 108 Å². The van der Waals surface area contributed by atoms with Gasteiger partial charge in [0.15, 0.2) is 47.7 Å². The van der Waals surface area contributed by atoms with Crippen LogP contribution in [0.25, 0.3) is 0 Å². The Hall–Kier alpha value is -10.1. The van der Waals surface area contributed by atoms with E-state index in [0.717, 1.165) is 96.3 Å². The second kappa shape index (κ2) is 52.8. The molecule has 40 nitrogen and oxygen atoms in total. The van der Waals surface area contributed by atoms with Gasteiger partial charge in [-0.15, -0.1) is 0 Å². The molecule has 8 rings (SSSR count). The summed E-state index contributed by atoms with van der Waals surface area (Å²) in [6.07, 6.45) is 14.3. The lowest BCUT2D eigenvalue weighted by atomic mass is 10.2. The third-order valence-corrected chi connectivity index (χ3v) is 14.2. The lowest BCUT2D eigenvalue weighted by molar-refractivity contribution is 0.462. The third-order valence-electron chi connectivity index (χ3n) is 14.2. The van der Waals surface area contributed by atoms with Crippen LogP contribution in [0.4, 0.5) is 0 Å². The van der Waals surface area contributed by atoms with Crippen LogP contribution in [-0.2, 0) is 0 Å². The number of hydrogen-bond acceptors (Lipinski definition) is 32. The van der Waals surface area contributed by atoms with E-state index in [9.17, 15) is 0 Å². The molecule has 40 heteroatoms. The summed E-state index contributed by atoms with van der Waals surface area (Å²) in [5.74, 6) is 8.88. The van der Waals surface area contributed by atoms with Crippen molar-refractivity contribution in [2.75, 3.05) is 80.5 Å². The van der Waals surface area contributed by atoms with Crippen LogP contribution in [0.3, 0.4) is 0 Å². The highest BCUT2D eigenvalue weighted by molar-refractivity contribution is 6.00. The number of nitrogens with zero attached hydrogens (tertiary/aromatic N) is 20. The van der Waals surface area contributed by atoms with Crippen molar-refractivity contribution in [2.45, 2.75) is 237 Å². The first-order valence-electron chi connectivity index (χ1n) is 36.7. The molecule has 8 atom stereocenters. The van der Waals surface area contributed by atoms with E-state index in [2.05, 4.69) is 190 Å². The maximum Gasteiger partial charge on any atom is 0.225 e. The Kier molecular flexibility index (Phi) is 46.7. The normalized spacial score (nSPS) is 23.3. The van der Waals surface area contributed by atoms with E-state index in [4.69, 9.17) is 45.9 Å². The van der Waals surface area contributed by atoms with E-state index in [1.807, 2.05) is 112 Å². The minimum Gasteiger partial charge on any atom is -0.370 e. The molecule has 0 bridgehead atoms. The van der Waals surface area contributed by atoms with Crippen molar-refractivity contribution in [3.05, 3.63) is 0 Å². The van der Waals surface area contributed by atoms with Crippen molar-refractivity contribution in [1.82, 2.24) is 83.4 Å². The molecule has 28 N–H and O–H groups in total. The fourth-order valence-electron chi connectivity index (χ4n) is 8.96. The molecule has 0 radical (unpaired) electrons. The minimum absolute atomic E-state index is 0.0196. The third kappa shape index (κ3) is 42.4. The smallest absolute Gasteiger partial charge is 0.225 e. The van der Waals surface area contributed by atoms with Crippen LogP contribution in [0, 0.1) is 0 Å². The number of hydrogen-bond donors (Lipinski definition) is 20. The highest BCUT2D eigenvalue weighted by Crippen LogP contribution is 2.06. The lowest BCUT2D eigenvalue weighted by Gasteiger charge is -2.23. The van der Waals surface area contributed by atoms with Crippen LogP contribution in [0.1, 0.15) is 188 Å². The van der Waals surface area contributed by atoms with Crippen molar-refractivity contribution < 1.29 is 0 Å². The van der Waals surface area contributed by atoms with Gasteiger partial charge in [-0.2, -0.15) is 39.9 Å². The van der Waals surface area contributed by atoms with Crippen LogP contribution in [-0.4, -0.2) is 245 Å². The molecule has 0 aliphatic carbocycles. The fourth-order valence-corrected chi connectivity index (χ4v) is 8.96. The zero-order valence-electron chi connectivity index (χ0n) is 66.3. The maximum atomic E-state index is 5.64. The maximum absolute atomic E-state index is 5.64. The Bertz CT molecular complexity index is 2990. The molecule has 0 saturated heterocycles. The molecule has 8 unspecified atom stereocenters. The van der Waals surface area contributed by atoms with E-state index in [-0.39, 0.29) is 49.3 Å². The molecule has 104 heavy (non-hydrogen) atoms. The first kappa shape index (κ1) is 91.9. The van der Waals surface area contributed by atoms with Gasteiger partial charge in [-0.1, -0.05) is 80.1 Å². The summed E-state index contributed by atoms with van der Waals surface area (Å²) in [4.78, 5) is 74.7. The molecule has 0 aromatic heterocycles. The number of unbranched alkanes of at least 4 members (excludes halogenated alkanes) is 6. The number of nitrogens with one attached hydrogen (secondary N) is 12. The van der Waals surface area contributed by atoms with Crippen LogP contribution < -0.4 is 110 Å². The van der Waals surface area contributed by atoms with E-state index >= 15 is 0 Å². The summed E-state index contributed by atoms with van der Waals surface area (Å²) in [6.45, 7) is 39.4. The molecule has 0 aromatic carbocycles. The van der Waals surface area contributed by atoms with Gasteiger partial charge in [0.25, 0.3) is 0 Å². The summed E-state index contributed by atoms with van der Waals surface area (Å²) in [6, 6.07) is 0. The first-order valence-corrected chi connectivity index (χ1v) is 36.7. The summed E-state index contributed by atoms with van der Waals surface area (Å²) in [5.41, 5.74) is 44.4. The topological polar surface area (TPSA) is 563 Å².